The Balaban J connectivity index is 0.000000261. The van der Waals surface area contributed by atoms with E-state index in [1.807, 2.05) is 0 Å². The lowest BCUT2D eigenvalue weighted by atomic mass is 10.2. The van der Waals surface area contributed by atoms with E-state index in [4.69, 9.17) is 0 Å². The van der Waals surface area contributed by atoms with Gasteiger partial charge in [0.25, 0.3) is 0 Å². The van der Waals surface area contributed by atoms with E-state index in [0.717, 1.165) is 25.8 Å². The van der Waals surface area contributed by atoms with Crippen molar-refractivity contribution in [3.63, 3.8) is 0 Å². The highest BCUT2D eigenvalue weighted by molar-refractivity contribution is 5.75. The lowest BCUT2D eigenvalue weighted by molar-refractivity contribution is -0.120. The van der Waals surface area contributed by atoms with Crippen molar-refractivity contribution in [2.75, 3.05) is 6.54 Å². The molecule has 1 aliphatic heterocycles. The van der Waals surface area contributed by atoms with Crippen LogP contribution in [0.4, 0.5) is 0 Å². The largest absolute Gasteiger partial charge is 0.356 e. The average Bonchev–Trinajstić information content (AvgIpc) is 2.14. The molecule has 0 saturated carbocycles. The number of carbonyl (C=O) groups is 2. The summed E-state index contributed by atoms with van der Waals surface area (Å²) in [6, 6.07) is 0. The van der Waals surface area contributed by atoms with Crippen LogP contribution in [0.3, 0.4) is 0 Å². The number of carbonyl (C=O) groups excluding carboxylic acids is 2. The van der Waals surface area contributed by atoms with Gasteiger partial charge in [0.2, 0.25) is 5.91 Å². The lowest BCUT2D eigenvalue weighted by Crippen LogP contribution is -2.21. The van der Waals surface area contributed by atoms with Gasteiger partial charge in [0.15, 0.2) is 0 Å². The summed E-state index contributed by atoms with van der Waals surface area (Å²) < 4.78 is 0. The summed E-state index contributed by atoms with van der Waals surface area (Å²) in [7, 11) is 0. The summed E-state index contributed by atoms with van der Waals surface area (Å²) in [4.78, 5) is 20.0. The minimum absolute atomic E-state index is 0.167. The summed E-state index contributed by atoms with van der Waals surface area (Å²) in [5.74, 6) is 0.391. The van der Waals surface area contributed by atoms with Crippen LogP contribution in [0.1, 0.15) is 39.5 Å². The van der Waals surface area contributed by atoms with Gasteiger partial charge in [0.05, 0.1) is 0 Å². The second kappa shape index (κ2) is 6.83. The van der Waals surface area contributed by atoms with Crippen molar-refractivity contribution in [2.24, 2.45) is 0 Å². The Morgan fingerprint density at radius 2 is 1.83 bits per heavy atom. The van der Waals surface area contributed by atoms with Gasteiger partial charge in [-0.1, -0.05) is 6.42 Å². The predicted molar refractivity (Wildman–Crippen MR) is 47.8 cm³/mol. The van der Waals surface area contributed by atoms with E-state index in [-0.39, 0.29) is 11.7 Å². The third kappa shape index (κ3) is 9.14. The Morgan fingerprint density at radius 3 is 2.42 bits per heavy atom. The summed E-state index contributed by atoms with van der Waals surface area (Å²) in [6.45, 7) is 3.94. The first-order valence-electron chi connectivity index (χ1n) is 4.37. The van der Waals surface area contributed by atoms with Gasteiger partial charge in [-0.2, -0.15) is 0 Å². The summed E-state index contributed by atoms with van der Waals surface area (Å²) in [5.41, 5.74) is 0. The van der Waals surface area contributed by atoms with Crippen LogP contribution in [0.5, 0.6) is 0 Å². The van der Waals surface area contributed by atoms with Crippen molar-refractivity contribution in [1.29, 1.82) is 0 Å². The summed E-state index contributed by atoms with van der Waals surface area (Å²) >= 11 is 0. The molecule has 0 aromatic rings. The number of hydrogen-bond acceptors (Lipinski definition) is 2. The molecule has 1 rings (SSSR count). The smallest absolute Gasteiger partial charge is 0.219 e. The van der Waals surface area contributed by atoms with Gasteiger partial charge in [-0.25, -0.2) is 0 Å². The fraction of sp³-hybridized carbons (Fsp3) is 0.778. The van der Waals surface area contributed by atoms with Crippen molar-refractivity contribution < 1.29 is 9.59 Å². The monoisotopic (exact) mass is 171 g/mol. The molecule has 0 unspecified atom stereocenters. The molecule has 0 atom stereocenters. The molecule has 0 radical (unpaired) electrons. The van der Waals surface area contributed by atoms with Crippen molar-refractivity contribution in [3.05, 3.63) is 0 Å². The van der Waals surface area contributed by atoms with Crippen LogP contribution in [0.15, 0.2) is 0 Å². The molecule has 0 aromatic heterocycles. The summed E-state index contributed by atoms with van der Waals surface area (Å²) in [5, 5.41) is 2.81. The summed E-state index contributed by atoms with van der Waals surface area (Å²) in [6.07, 6.45) is 4.18. The van der Waals surface area contributed by atoms with E-state index < -0.39 is 0 Å². The molecule has 0 bridgehead atoms. The zero-order chi connectivity index (χ0) is 9.40. The molecule has 12 heavy (non-hydrogen) atoms. The maximum atomic E-state index is 10.6. The highest BCUT2D eigenvalue weighted by Crippen LogP contribution is 2.02. The molecule has 3 heteroatoms. The Labute approximate surface area is 73.5 Å². The maximum Gasteiger partial charge on any atom is 0.219 e. The topological polar surface area (TPSA) is 46.2 Å². The molecule has 3 nitrogen and oxygen atoms in total. The Kier molecular flexibility index (Phi) is 6.34. The fourth-order valence-electron chi connectivity index (χ4n) is 0.904. The van der Waals surface area contributed by atoms with Crippen LogP contribution in [0.2, 0.25) is 0 Å². The minimum atomic E-state index is 0.167. The van der Waals surface area contributed by atoms with E-state index >= 15 is 0 Å². The molecule has 0 spiro atoms. The molecular weight excluding hydrogens is 154 g/mol. The molecule has 0 aliphatic carbocycles. The van der Waals surface area contributed by atoms with Crippen LogP contribution in [0.25, 0.3) is 0 Å². The number of hydrogen-bond donors (Lipinski definition) is 1. The Hall–Kier alpha value is -0.860. The standard InChI is InChI=1S/C6H11NO.C3H6O/c8-6-4-2-1-3-5-7-6;1-3(2)4/h1-5H2,(H,7,8);1-2H3. The molecule has 70 valence electrons. The van der Waals surface area contributed by atoms with Crippen LogP contribution in [0, 0.1) is 0 Å². The molecular formula is C9H17NO2. The number of amides is 1. The average molecular weight is 171 g/mol. The quantitative estimate of drug-likeness (QED) is 0.596. The van der Waals surface area contributed by atoms with Crippen molar-refractivity contribution in [3.8, 4) is 0 Å². The van der Waals surface area contributed by atoms with Crippen molar-refractivity contribution in [1.82, 2.24) is 5.32 Å². The fourth-order valence-corrected chi connectivity index (χ4v) is 0.904. The first-order chi connectivity index (χ1) is 5.63. The molecule has 1 N–H and O–H groups in total. The maximum absolute atomic E-state index is 10.6. The minimum Gasteiger partial charge on any atom is -0.356 e. The van der Waals surface area contributed by atoms with Gasteiger partial charge in [0.1, 0.15) is 5.78 Å². The highest BCUT2D eigenvalue weighted by Gasteiger charge is 2.03. The predicted octanol–water partition coefficient (Wildman–Crippen LogP) is 1.27. The molecule has 1 amide bonds. The van der Waals surface area contributed by atoms with Gasteiger partial charge >= 0.3 is 0 Å². The number of ketones is 1. The molecule has 1 aliphatic rings. The van der Waals surface area contributed by atoms with Gasteiger partial charge < -0.3 is 10.1 Å². The normalized spacial score (nSPS) is 16.7. The molecule has 0 aromatic carbocycles. The molecule has 1 heterocycles. The molecule has 1 saturated heterocycles. The Bertz CT molecular complexity index is 141. The zero-order valence-corrected chi connectivity index (χ0v) is 7.85. The van der Waals surface area contributed by atoms with Gasteiger partial charge in [-0.05, 0) is 26.7 Å². The van der Waals surface area contributed by atoms with Gasteiger partial charge in [0, 0.05) is 13.0 Å². The van der Waals surface area contributed by atoms with Gasteiger partial charge in [-0.15, -0.1) is 0 Å². The molecule has 1 fully saturated rings. The first-order valence-corrected chi connectivity index (χ1v) is 4.37. The van der Waals surface area contributed by atoms with E-state index in [0.29, 0.717) is 0 Å². The lowest BCUT2D eigenvalue weighted by Gasteiger charge is -1.93. The van der Waals surface area contributed by atoms with Gasteiger partial charge in [-0.3, -0.25) is 4.79 Å². The second-order valence-corrected chi connectivity index (χ2v) is 3.07. The van der Waals surface area contributed by atoms with Crippen molar-refractivity contribution in [2.45, 2.75) is 39.5 Å². The van der Waals surface area contributed by atoms with Crippen LogP contribution >= 0.6 is 0 Å². The number of Topliss-reactive ketones (excluding diaryl/α,β-unsaturated/α-hetero) is 1. The third-order valence-corrected chi connectivity index (χ3v) is 1.40. The number of nitrogens with one attached hydrogen (secondary N) is 1. The zero-order valence-electron chi connectivity index (χ0n) is 7.85. The number of rotatable bonds is 0. The van der Waals surface area contributed by atoms with E-state index in [2.05, 4.69) is 5.32 Å². The SMILES string of the molecule is CC(C)=O.O=C1CCCCCN1. The third-order valence-electron chi connectivity index (χ3n) is 1.40. The Morgan fingerprint density at radius 1 is 1.25 bits per heavy atom. The van der Waals surface area contributed by atoms with E-state index in [1.165, 1.54) is 20.3 Å². The second-order valence-electron chi connectivity index (χ2n) is 3.07. The van der Waals surface area contributed by atoms with E-state index in [9.17, 15) is 9.59 Å². The first kappa shape index (κ1) is 11.1. The van der Waals surface area contributed by atoms with E-state index in [1.54, 1.807) is 0 Å². The van der Waals surface area contributed by atoms with Crippen molar-refractivity contribution >= 4 is 11.7 Å². The van der Waals surface area contributed by atoms with Crippen LogP contribution in [-0.2, 0) is 9.59 Å². The van der Waals surface area contributed by atoms with Crippen LogP contribution in [-0.4, -0.2) is 18.2 Å². The van der Waals surface area contributed by atoms with Crippen LogP contribution < -0.4 is 5.32 Å². The highest BCUT2D eigenvalue weighted by atomic mass is 16.1.